The van der Waals surface area contributed by atoms with Crippen molar-refractivity contribution in [3.63, 3.8) is 0 Å². The van der Waals surface area contributed by atoms with E-state index in [9.17, 15) is 4.79 Å². The minimum atomic E-state index is 0.150. The largest absolute Gasteiger partial charge is 0.444 e. The fourth-order valence-corrected chi connectivity index (χ4v) is 3.00. The normalized spacial score (nSPS) is 16.3. The number of oxazole rings is 1. The minimum Gasteiger partial charge on any atom is -0.444 e. The van der Waals surface area contributed by atoms with Crippen LogP contribution in [0.4, 0.5) is 0 Å². The maximum Gasteiger partial charge on any atom is 0.226 e. The van der Waals surface area contributed by atoms with Gasteiger partial charge in [-0.25, -0.2) is 4.98 Å². The van der Waals surface area contributed by atoms with Gasteiger partial charge in [0, 0.05) is 50.2 Å². The summed E-state index contributed by atoms with van der Waals surface area (Å²) >= 11 is 6.00. The monoisotopic (exact) mass is 333 g/mol. The van der Waals surface area contributed by atoms with E-state index in [0.29, 0.717) is 10.9 Å². The molecule has 3 rings (SSSR count). The number of amides is 1. The first-order valence-corrected chi connectivity index (χ1v) is 8.18. The molecule has 6 heteroatoms. The van der Waals surface area contributed by atoms with Gasteiger partial charge in [-0.15, -0.1) is 0 Å². The zero-order valence-corrected chi connectivity index (χ0v) is 13.9. The highest BCUT2D eigenvalue weighted by Crippen LogP contribution is 2.22. The van der Waals surface area contributed by atoms with E-state index in [4.69, 9.17) is 16.0 Å². The van der Waals surface area contributed by atoms with Crippen molar-refractivity contribution in [2.24, 2.45) is 0 Å². The molecule has 1 saturated heterocycles. The van der Waals surface area contributed by atoms with E-state index in [1.165, 1.54) is 0 Å². The van der Waals surface area contributed by atoms with Gasteiger partial charge in [0.05, 0.1) is 5.69 Å². The average Bonchev–Trinajstić information content (AvgIpc) is 2.85. The molecule has 2 aromatic rings. The number of hydrogen-bond acceptors (Lipinski definition) is 4. The molecule has 0 bridgehead atoms. The Balaban J connectivity index is 1.64. The summed E-state index contributed by atoms with van der Waals surface area (Å²) in [5.74, 6) is 0.735. The van der Waals surface area contributed by atoms with Gasteiger partial charge in [-0.1, -0.05) is 17.7 Å². The quantitative estimate of drug-likeness (QED) is 0.866. The second kappa shape index (κ2) is 7.15. The fourth-order valence-electron chi connectivity index (χ4n) is 2.81. The Morgan fingerprint density at radius 3 is 2.96 bits per heavy atom. The Morgan fingerprint density at radius 2 is 2.17 bits per heavy atom. The molecule has 0 saturated carbocycles. The fraction of sp³-hybridized carbons (Fsp3) is 0.412. The Hall–Kier alpha value is -1.85. The molecule has 23 heavy (non-hydrogen) atoms. The van der Waals surface area contributed by atoms with E-state index >= 15 is 0 Å². The zero-order chi connectivity index (χ0) is 16.2. The second-order valence-corrected chi connectivity index (χ2v) is 6.23. The number of hydrogen-bond donors (Lipinski definition) is 0. The summed E-state index contributed by atoms with van der Waals surface area (Å²) in [6.07, 6.45) is 2.68. The standard InChI is InChI=1S/C17H20ClN3O2/c1-13(22)21-7-3-6-20(8-9-21)11-16-12-23-17(19-16)14-4-2-5-15(18)10-14/h2,4-5,10,12H,3,6-9,11H2,1H3. The van der Waals surface area contributed by atoms with E-state index in [1.807, 2.05) is 29.2 Å². The van der Waals surface area contributed by atoms with Crippen molar-refractivity contribution in [1.29, 1.82) is 0 Å². The molecular formula is C17H20ClN3O2. The molecule has 1 aliphatic rings. The van der Waals surface area contributed by atoms with Crippen LogP contribution in [0.1, 0.15) is 19.0 Å². The minimum absolute atomic E-state index is 0.150. The molecule has 0 atom stereocenters. The Kier molecular flexibility index (Phi) is 4.98. The molecule has 0 radical (unpaired) electrons. The highest BCUT2D eigenvalue weighted by molar-refractivity contribution is 6.30. The van der Waals surface area contributed by atoms with Crippen LogP contribution >= 0.6 is 11.6 Å². The predicted octanol–water partition coefficient (Wildman–Crippen LogP) is 3.05. The van der Waals surface area contributed by atoms with Crippen molar-refractivity contribution in [2.75, 3.05) is 26.2 Å². The molecule has 0 N–H and O–H groups in total. The maximum absolute atomic E-state index is 11.5. The zero-order valence-electron chi connectivity index (χ0n) is 13.2. The van der Waals surface area contributed by atoms with Gasteiger partial charge >= 0.3 is 0 Å². The summed E-state index contributed by atoms with van der Waals surface area (Å²) in [5.41, 5.74) is 1.78. The number of carbonyl (C=O) groups is 1. The lowest BCUT2D eigenvalue weighted by molar-refractivity contribution is -0.128. The first-order chi connectivity index (χ1) is 11.1. The molecule has 1 aliphatic heterocycles. The van der Waals surface area contributed by atoms with Gasteiger partial charge in [0.25, 0.3) is 0 Å². The summed E-state index contributed by atoms with van der Waals surface area (Å²) in [5, 5.41) is 0.666. The van der Waals surface area contributed by atoms with Crippen molar-refractivity contribution >= 4 is 17.5 Å². The number of benzene rings is 1. The first-order valence-electron chi connectivity index (χ1n) is 7.80. The van der Waals surface area contributed by atoms with Crippen molar-refractivity contribution in [2.45, 2.75) is 19.9 Å². The number of halogens is 1. The summed E-state index contributed by atoms with van der Waals surface area (Å²) in [6.45, 7) is 5.79. The Bertz CT molecular complexity index is 686. The molecule has 0 spiro atoms. The van der Waals surface area contributed by atoms with Gasteiger partial charge in [-0.05, 0) is 24.6 Å². The summed E-state index contributed by atoms with van der Waals surface area (Å²) < 4.78 is 5.58. The van der Waals surface area contributed by atoms with E-state index in [0.717, 1.165) is 50.4 Å². The van der Waals surface area contributed by atoms with Crippen LogP contribution in [-0.2, 0) is 11.3 Å². The van der Waals surface area contributed by atoms with Crippen LogP contribution < -0.4 is 0 Å². The Labute approximate surface area is 140 Å². The highest BCUT2D eigenvalue weighted by Gasteiger charge is 2.18. The highest BCUT2D eigenvalue weighted by atomic mass is 35.5. The van der Waals surface area contributed by atoms with Crippen molar-refractivity contribution in [3.05, 3.63) is 41.2 Å². The third-order valence-electron chi connectivity index (χ3n) is 4.04. The molecule has 1 aromatic carbocycles. The second-order valence-electron chi connectivity index (χ2n) is 5.79. The summed E-state index contributed by atoms with van der Waals surface area (Å²) in [6, 6.07) is 7.48. The molecule has 1 aromatic heterocycles. The Morgan fingerprint density at radius 1 is 1.30 bits per heavy atom. The molecule has 1 fully saturated rings. The molecule has 0 unspecified atom stereocenters. The number of nitrogens with zero attached hydrogens (tertiary/aromatic N) is 3. The van der Waals surface area contributed by atoms with Gasteiger partial charge < -0.3 is 9.32 Å². The molecule has 122 valence electrons. The van der Waals surface area contributed by atoms with Crippen molar-refractivity contribution in [1.82, 2.24) is 14.8 Å². The van der Waals surface area contributed by atoms with Gasteiger partial charge in [0.15, 0.2) is 0 Å². The van der Waals surface area contributed by atoms with Gasteiger partial charge in [0.1, 0.15) is 6.26 Å². The SMILES string of the molecule is CC(=O)N1CCCN(Cc2coc(-c3cccc(Cl)c3)n2)CC1. The van der Waals surface area contributed by atoms with Crippen LogP contribution in [0.25, 0.3) is 11.5 Å². The topological polar surface area (TPSA) is 49.6 Å². The average molecular weight is 334 g/mol. The van der Waals surface area contributed by atoms with Gasteiger partial charge in [0.2, 0.25) is 11.8 Å². The van der Waals surface area contributed by atoms with Crippen LogP contribution in [-0.4, -0.2) is 46.9 Å². The van der Waals surface area contributed by atoms with Gasteiger partial charge in [-0.2, -0.15) is 0 Å². The van der Waals surface area contributed by atoms with Crippen LogP contribution in [0.3, 0.4) is 0 Å². The van der Waals surface area contributed by atoms with E-state index in [-0.39, 0.29) is 5.91 Å². The number of carbonyl (C=O) groups excluding carboxylic acids is 1. The molecule has 1 amide bonds. The van der Waals surface area contributed by atoms with E-state index < -0.39 is 0 Å². The van der Waals surface area contributed by atoms with E-state index in [2.05, 4.69) is 9.88 Å². The van der Waals surface area contributed by atoms with Crippen LogP contribution in [0.15, 0.2) is 34.9 Å². The summed E-state index contributed by atoms with van der Waals surface area (Å²) in [4.78, 5) is 20.2. The van der Waals surface area contributed by atoms with Crippen molar-refractivity contribution < 1.29 is 9.21 Å². The molecule has 2 heterocycles. The molecular weight excluding hydrogens is 314 g/mol. The third kappa shape index (κ3) is 4.12. The predicted molar refractivity (Wildman–Crippen MR) is 89.1 cm³/mol. The molecule has 0 aliphatic carbocycles. The summed E-state index contributed by atoms with van der Waals surface area (Å²) in [7, 11) is 0. The van der Waals surface area contributed by atoms with Gasteiger partial charge in [-0.3, -0.25) is 9.69 Å². The molecule has 5 nitrogen and oxygen atoms in total. The van der Waals surface area contributed by atoms with Crippen LogP contribution in [0.5, 0.6) is 0 Å². The number of rotatable bonds is 3. The lowest BCUT2D eigenvalue weighted by atomic mass is 10.2. The maximum atomic E-state index is 11.5. The van der Waals surface area contributed by atoms with Crippen molar-refractivity contribution in [3.8, 4) is 11.5 Å². The number of aromatic nitrogens is 1. The third-order valence-corrected chi connectivity index (χ3v) is 4.28. The van der Waals surface area contributed by atoms with Crippen LogP contribution in [0, 0.1) is 0 Å². The van der Waals surface area contributed by atoms with E-state index in [1.54, 1.807) is 13.2 Å². The lowest BCUT2D eigenvalue weighted by Crippen LogP contribution is -2.33. The van der Waals surface area contributed by atoms with Crippen LogP contribution in [0.2, 0.25) is 5.02 Å². The lowest BCUT2D eigenvalue weighted by Gasteiger charge is -2.19. The first kappa shape index (κ1) is 16.0. The smallest absolute Gasteiger partial charge is 0.226 e.